The Kier molecular flexibility index (Phi) is 2.93. The molecule has 0 radical (unpaired) electrons. The third kappa shape index (κ3) is 2.13. The summed E-state index contributed by atoms with van der Waals surface area (Å²) in [6, 6.07) is 0. The van der Waals surface area contributed by atoms with Gasteiger partial charge in [-0.1, -0.05) is 0 Å². The number of carbonyl (C=O) groups is 2. The van der Waals surface area contributed by atoms with Gasteiger partial charge in [-0.3, -0.25) is 9.59 Å². The van der Waals surface area contributed by atoms with Gasteiger partial charge in [0, 0.05) is 13.1 Å². The monoisotopic (exact) mass is 252 g/mol. The molecule has 1 aliphatic heterocycles. The number of hydrogen-bond acceptors (Lipinski definition) is 5. The zero-order valence-electron chi connectivity index (χ0n) is 10.4. The second-order valence-electron chi connectivity index (χ2n) is 4.66. The maximum Gasteiger partial charge on any atom is 0.245 e. The molecule has 18 heavy (non-hydrogen) atoms. The molecule has 1 aromatic heterocycles. The third-order valence-electron chi connectivity index (χ3n) is 3.00. The molecule has 1 aliphatic rings. The molecule has 98 valence electrons. The second-order valence-corrected chi connectivity index (χ2v) is 4.66. The number of carbonyl (C=O) groups excluding carboxylic acids is 2. The van der Waals surface area contributed by atoms with Crippen molar-refractivity contribution in [1.29, 1.82) is 0 Å². The first kappa shape index (κ1) is 12.3. The summed E-state index contributed by atoms with van der Waals surface area (Å²) in [6.45, 7) is 4.42. The summed E-state index contributed by atoms with van der Waals surface area (Å²) in [7, 11) is 0. The van der Waals surface area contributed by atoms with Crippen LogP contribution in [-0.2, 0) is 16.1 Å². The summed E-state index contributed by atoms with van der Waals surface area (Å²) >= 11 is 0. The number of aromatic nitrogens is 3. The van der Waals surface area contributed by atoms with Crippen molar-refractivity contribution in [2.24, 2.45) is 0 Å². The van der Waals surface area contributed by atoms with Crippen molar-refractivity contribution in [3.63, 3.8) is 0 Å². The first-order valence-electron chi connectivity index (χ1n) is 5.65. The molecule has 0 bridgehead atoms. The number of nitrogen functional groups attached to an aromatic ring is 1. The molecule has 0 unspecified atom stereocenters. The summed E-state index contributed by atoms with van der Waals surface area (Å²) in [5, 5.41) is 6.59. The first-order valence-corrected chi connectivity index (χ1v) is 5.65. The molecule has 0 spiro atoms. The Labute approximate surface area is 104 Å². The molecular weight excluding hydrogens is 236 g/mol. The molecular formula is C10H16N6O2. The highest BCUT2D eigenvalue weighted by Gasteiger charge is 2.40. The van der Waals surface area contributed by atoms with Crippen LogP contribution in [0.2, 0.25) is 0 Å². The van der Waals surface area contributed by atoms with E-state index in [-0.39, 0.29) is 24.3 Å². The Morgan fingerprint density at radius 3 is 2.94 bits per heavy atom. The molecule has 2 heterocycles. The molecule has 8 nitrogen and oxygen atoms in total. The van der Waals surface area contributed by atoms with Gasteiger partial charge in [0.25, 0.3) is 0 Å². The van der Waals surface area contributed by atoms with E-state index < -0.39 is 5.54 Å². The topological polar surface area (TPSA) is 106 Å². The fraction of sp³-hybridized carbons (Fsp3) is 0.600. The van der Waals surface area contributed by atoms with E-state index in [9.17, 15) is 9.59 Å². The maximum absolute atomic E-state index is 12.2. The average Bonchev–Trinajstić information content (AvgIpc) is 2.67. The van der Waals surface area contributed by atoms with Gasteiger partial charge >= 0.3 is 0 Å². The van der Waals surface area contributed by atoms with Crippen LogP contribution in [0, 0.1) is 0 Å². The molecule has 0 atom stereocenters. The Hall–Kier alpha value is -2.12. The smallest absolute Gasteiger partial charge is 0.245 e. The lowest BCUT2D eigenvalue weighted by Crippen LogP contribution is -2.63. The van der Waals surface area contributed by atoms with Crippen LogP contribution in [0.1, 0.15) is 13.8 Å². The van der Waals surface area contributed by atoms with E-state index in [0.717, 1.165) is 0 Å². The fourth-order valence-corrected chi connectivity index (χ4v) is 1.95. The quantitative estimate of drug-likeness (QED) is 0.673. The molecule has 8 heteroatoms. The number of nitrogens with two attached hydrogens (primary N) is 1. The van der Waals surface area contributed by atoms with E-state index in [4.69, 9.17) is 5.73 Å². The lowest BCUT2D eigenvalue weighted by atomic mass is 9.99. The van der Waals surface area contributed by atoms with Gasteiger partial charge in [-0.2, -0.15) is 0 Å². The normalized spacial score (nSPS) is 18.6. The lowest BCUT2D eigenvalue weighted by molar-refractivity contribution is -0.149. The van der Waals surface area contributed by atoms with Crippen LogP contribution in [0.3, 0.4) is 0 Å². The minimum atomic E-state index is -0.846. The van der Waals surface area contributed by atoms with Gasteiger partial charge in [-0.25, -0.2) is 9.67 Å². The van der Waals surface area contributed by atoms with Crippen molar-refractivity contribution in [1.82, 2.24) is 25.0 Å². The molecule has 0 aliphatic carbocycles. The minimum absolute atomic E-state index is 0.0287. The first-order chi connectivity index (χ1) is 8.41. The van der Waals surface area contributed by atoms with Gasteiger partial charge in [0.15, 0.2) is 0 Å². The van der Waals surface area contributed by atoms with E-state index in [1.165, 1.54) is 11.0 Å². The van der Waals surface area contributed by atoms with Crippen LogP contribution in [0.4, 0.5) is 5.95 Å². The van der Waals surface area contributed by atoms with Crippen molar-refractivity contribution in [3.05, 3.63) is 6.33 Å². The third-order valence-corrected chi connectivity index (χ3v) is 3.00. The van der Waals surface area contributed by atoms with Gasteiger partial charge in [-0.15, -0.1) is 5.10 Å². The van der Waals surface area contributed by atoms with E-state index in [2.05, 4.69) is 15.4 Å². The van der Waals surface area contributed by atoms with Gasteiger partial charge in [0.2, 0.25) is 17.8 Å². The zero-order chi connectivity index (χ0) is 13.3. The fourth-order valence-electron chi connectivity index (χ4n) is 1.95. The van der Waals surface area contributed by atoms with Crippen molar-refractivity contribution in [2.45, 2.75) is 25.9 Å². The summed E-state index contributed by atoms with van der Waals surface area (Å²) in [5.41, 5.74) is 4.53. The van der Waals surface area contributed by atoms with E-state index in [1.807, 2.05) is 0 Å². The Balaban J connectivity index is 2.10. The number of amides is 2. The molecule has 0 saturated carbocycles. The molecule has 1 saturated heterocycles. The predicted octanol–water partition coefficient (Wildman–Crippen LogP) is -1.40. The Morgan fingerprint density at radius 2 is 2.33 bits per heavy atom. The van der Waals surface area contributed by atoms with Crippen LogP contribution in [0.25, 0.3) is 0 Å². The highest BCUT2D eigenvalue weighted by atomic mass is 16.2. The van der Waals surface area contributed by atoms with Gasteiger partial charge in [0.1, 0.15) is 18.4 Å². The number of piperazine rings is 1. The van der Waals surface area contributed by atoms with E-state index in [0.29, 0.717) is 13.1 Å². The summed E-state index contributed by atoms with van der Waals surface area (Å²) in [5.74, 6) is -0.210. The summed E-state index contributed by atoms with van der Waals surface area (Å²) in [4.78, 5) is 29.2. The number of hydrogen-bond donors (Lipinski definition) is 2. The molecule has 3 N–H and O–H groups in total. The molecule has 2 amide bonds. The van der Waals surface area contributed by atoms with Crippen LogP contribution in [0.15, 0.2) is 6.33 Å². The number of nitrogens with zero attached hydrogens (tertiary/aromatic N) is 4. The standard InChI is InChI=1S/C10H16N6O2/c1-10(2)8(18)12-3-4-16(10)7(17)5-15-6-13-9(11)14-15/h6H,3-5H2,1-2H3,(H2,11,14)(H,12,18). The molecule has 1 fully saturated rings. The predicted molar refractivity (Wildman–Crippen MR) is 63.2 cm³/mol. The number of anilines is 1. The van der Waals surface area contributed by atoms with Crippen LogP contribution in [-0.4, -0.2) is 50.1 Å². The van der Waals surface area contributed by atoms with Crippen LogP contribution in [0.5, 0.6) is 0 Å². The molecule has 2 rings (SSSR count). The van der Waals surface area contributed by atoms with Crippen LogP contribution < -0.4 is 11.1 Å². The zero-order valence-corrected chi connectivity index (χ0v) is 10.4. The van der Waals surface area contributed by atoms with Crippen molar-refractivity contribution < 1.29 is 9.59 Å². The highest BCUT2D eigenvalue weighted by Crippen LogP contribution is 2.18. The van der Waals surface area contributed by atoms with Crippen molar-refractivity contribution >= 4 is 17.8 Å². The van der Waals surface area contributed by atoms with Crippen molar-refractivity contribution in [3.8, 4) is 0 Å². The van der Waals surface area contributed by atoms with Crippen molar-refractivity contribution in [2.75, 3.05) is 18.8 Å². The van der Waals surface area contributed by atoms with Gasteiger partial charge in [0.05, 0.1) is 0 Å². The Bertz CT molecular complexity index is 480. The van der Waals surface area contributed by atoms with E-state index in [1.54, 1.807) is 18.7 Å². The average molecular weight is 252 g/mol. The van der Waals surface area contributed by atoms with Gasteiger partial charge < -0.3 is 16.0 Å². The molecule has 1 aromatic rings. The SMILES string of the molecule is CC1(C)C(=O)NCCN1C(=O)Cn1cnc(N)n1. The molecule has 0 aromatic carbocycles. The lowest BCUT2D eigenvalue weighted by Gasteiger charge is -2.41. The summed E-state index contributed by atoms with van der Waals surface area (Å²) in [6.07, 6.45) is 1.39. The largest absolute Gasteiger partial charge is 0.367 e. The number of rotatable bonds is 2. The minimum Gasteiger partial charge on any atom is -0.367 e. The van der Waals surface area contributed by atoms with Crippen LogP contribution >= 0.6 is 0 Å². The van der Waals surface area contributed by atoms with Gasteiger partial charge in [-0.05, 0) is 13.8 Å². The second kappa shape index (κ2) is 4.28. The highest BCUT2D eigenvalue weighted by molar-refractivity contribution is 5.91. The maximum atomic E-state index is 12.2. The number of nitrogens with one attached hydrogen (secondary N) is 1. The summed E-state index contributed by atoms with van der Waals surface area (Å²) < 4.78 is 1.36. The van der Waals surface area contributed by atoms with E-state index >= 15 is 0 Å². The Morgan fingerprint density at radius 1 is 1.61 bits per heavy atom.